The van der Waals surface area contributed by atoms with Crippen LogP contribution in [-0.4, -0.2) is 21.8 Å². The van der Waals surface area contributed by atoms with Crippen LogP contribution in [0.15, 0.2) is 56.8 Å². The number of amides is 1. The molecule has 2 N–H and O–H groups in total. The molecule has 0 aliphatic carbocycles. The summed E-state index contributed by atoms with van der Waals surface area (Å²) in [5.41, 5.74) is 3.21. The van der Waals surface area contributed by atoms with Crippen molar-refractivity contribution in [3.8, 4) is 0 Å². The standard InChI is InChI=1S/C17H12BrFN4O2/c1-9(11-7-6-10(19)8-14(11)18)20-23-17(25)15-12-4-2-3-5-13(12)16(24)22-21-15/h2-8H,1H3,(H,22,24)(H,23,25)/b20-9+. The highest BCUT2D eigenvalue weighted by Gasteiger charge is 2.14. The van der Waals surface area contributed by atoms with E-state index in [0.29, 0.717) is 26.5 Å². The lowest BCUT2D eigenvalue weighted by Gasteiger charge is -2.06. The highest BCUT2D eigenvalue weighted by Crippen LogP contribution is 2.19. The van der Waals surface area contributed by atoms with E-state index in [1.54, 1.807) is 37.3 Å². The van der Waals surface area contributed by atoms with Crippen molar-refractivity contribution in [2.24, 2.45) is 5.10 Å². The Bertz CT molecular complexity index is 1060. The van der Waals surface area contributed by atoms with Gasteiger partial charge in [0, 0.05) is 15.4 Å². The van der Waals surface area contributed by atoms with Crippen molar-refractivity contribution in [3.63, 3.8) is 0 Å². The van der Waals surface area contributed by atoms with Gasteiger partial charge in [0.05, 0.1) is 11.1 Å². The lowest BCUT2D eigenvalue weighted by molar-refractivity contribution is 0.0950. The lowest BCUT2D eigenvalue weighted by atomic mass is 10.1. The molecule has 0 bridgehead atoms. The van der Waals surface area contributed by atoms with Crippen molar-refractivity contribution in [2.45, 2.75) is 6.92 Å². The monoisotopic (exact) mass is 402 g/mol. The first kappa shape index (κ1) is 17.0. The zero-order chi connectivity index (χ0) is 18.0. The first-order valence-corrected chi connectivity index (χ1v) is 8.04. The molecule has 0 aliphatic heterocycles. The third kappa shape index (κ3) is 3.48. The summed E-state index contributed by atoms with van der Waals surface area (Å²) in [5.74, 6) is -0.943. The second-order valence-electron chi connectivity index (χ2n) is 5.21. The van der Waals surface area contributed by atoms with Crippen molar-refractivity contribution in [2.75, 3.05) is 0 Å². The summed E-state index contributed by atoms with van der Waals surface area (Å²) in [6, 6.07) is 10.8. The van der Waals surface area contributed by atoms with Gasteiger partial charge in [0.15, 0.2) is 5.69 Å². The van der Waals surface area contributed by atoms with Gasteiger partial charge < -0.3 is 0 Å². The van der Waals surface area contributed by atoms with E-state index < -0.39 is 5.91 Å². The van der Waals surface area contributed by atoms with Gasteiger partial charge in [-0.05, 0) is 31.2 Å². The van der Waals surface area contributed by atoms with Crippen molar-refractivity contribution in [1.29, 1.82) is 0 Å². The van der Waals surface area contributed by atoms with Gasteiger partial charge in [-0.15, -0.1) is 0 Å². The predicted octanol–water partition coefficient (Wildman–Crippen LogP) is 2.98. The number of hydrogen-bond donors (Lipinski definition) is 2. The summed E-state index contributed by atoms with van der Waals surface area (Å²) in [7, 11) is 0. The van der Waals surface area contributed by atoms with Crippen molar-refractivity contribution >= 4 is 38.3 Å². The molecular weight excluding hydrogens is 391 g/mol. The van der Waals surface area contributed by atoms with Crippen LogP contribution >= 0.6 is 15.9 Å². The minimum absolute atomic E-state index is 0.0601. The zero-order valence-corrected chi connectivity index (χ0v) is 14.6. The number of fused-ring (bicyclic) bond motifs is 1. The summed E-state index contributed by atoms with van der Waals surface area (Å²) in [4.78, 5) is 24.1. The molecular formula is C17H12BrFN4O2. The molecule has 3 rings (SSSR count). The first-order valence-electron chi connectivity index (χ1n) is 7.25. The summed E-state index contributed by atoms with van der Waals surface area (Å²) in [5, 5.41) is 10.9. The molecule has 0 saturated carbocycles. The highest BCUT2D eigenvalue weighted by molar-refractivity contribution is 9.10. The molecule has 0 atom stereocenters. The largest absolute Gasteiger partial charge is 0.292 e. The van der Waals surface area contributed by atoms with Gasteiger partial charge in [0.25, 0.3) is 11.5 Å². The molecule has 6 nitrogen and oxygen atoms in total. The smallest absolute Gasteiger partial charge is 0.267 e. The number of carbonyl (C=O) groups is 1. The van der Waals surface area contributed by atoms with E-state index in [2.05, 4.69) is 36.7 Å². The van der Waals surface area contributed by atoms with Crippen molar-refractivity contribution < 1.29 is 9.18 Å². The summed E-state index contributed by atoms with van der Waals surface area (Å²) >= 11 is 3.25. The number of nitrogens with one attached hydrogen (secondary N) is 2. The van der Waals surface area contributed by atoms with Gasteiger partial charge >= 0.3 is 0 Å². The highest BCUT2D eigenvalue weighted by atomic mass is 79.9. The van der Waals surface area contributed by atoms with Gasteiger partial charge in [-0.2, -0.15) is 10.2 Å². The third-order valence-electron chi connectivity index (χ3n) is 3.56. The Morgan fingerprint density at radius 3 is 2.68 bits per heavy atom. The third-order valence-corrected chi connectivity index (χ3v) is 4.21. The lowest BCUT2D eigenvalue weighted by Crippen LogP contribution is -2.23. The molecule has 0 fully saturated rings. The fourth-order valence-corrected chi connectivity index (χ4v) is 2.96. The zero-order valence-electron chi connectivity index (χ0n) is 13.0. The van der Waals surface area contributed by atoms with E-state index in [0.717, 1.165) is 0 Å². The number of H-pyrrole nitrogens is 1. The average molecular weight is 403 g/mol. The molecule has 8 heteroatoms. The van der Waals surface area contributed by atoms with E-state index in [9.17, 15) is 14.0 Å². The maximum absolute atomic E-state index is 13.2. The average Bonchev–Trinajstić information content (AvgIpc) is 2.60. The Balaban J connectivity index is 1.90. The van der Waals surface area contributed by atoms with E-state index in [-0.39, 0.29) is 17.1 Å². The van der Waals surface area contributed by atoms with Crippen LogP contribution in [-0.2, 0) is 0 Å². The molecule has 0 spiro atoms. The molecule has 0 radical (unpaired) electrons. The number of rotatable bonds is 3. The predicted molar refractivity (Wildman–Crippen MR) is 96.1 cm³/mol. The Labute approximate surface area is 149 Å². The molecule has 0 saturated heterocycles. The van der Waals surface area contributed by atoms with Gasteiger partial charge in [0.1, 0.15) is 5.82 Å². The van der Waals surface area contributed by atoms with Crippen LogP contribution in [0.5, 0.6) is 0 Å². The van der Waals surface area contributed by atoms with Crippen LogP contribution in [0.25, 0.3) is 10.8 Å². The fraction of sp³-hybridized carbons (Fsp3) is 0.0588. The molecule has 0 unspecified atom stereocenters. The van der Waals surface area contributed by atoms with Gasteiger partial charge in [-0.25, -0.2) is 14.9 Å². The molecule has 126 valence electrons. The molecule has 25 heavy (non-hydrogen) atoms. The number of halogens is 2. The Morgan fingerprint density at radius 1 is 1.24 bits per heavy atom. The second kappa shape index (κ2) is 6.94. The number of nitrogens with zero attached hydrogens (tertiary/aromatic N) is 2. The van der Waals surface area contributed by atoms with Crippen molar-refractivity contribution in [1.82, 2.24) is 15.6 Å². The quantitative estimate of drug-likeness (QED) is 0.521. The molecule has 1 aromatic heterocycles. The molecule has 3 aromatic rings. The molecule has 2 aromatic carbocycles. The minimum Gasteiger partial charge on any atom is -0.267 e. The number of aromatic nitrogens is 2. The fourth-order valence-electron chi connectivity index (χ4n) is 2.32. The number of benzene rings is 2. The van der Waals surface area contributed by atoms with Crippen molar-refractivity contribution in [3.05, 3.63) is 74.4 Å². The minimum atomic E-state index is -0.565. The van der Waals surface area contributed by atoms with Crippen LogP contribution in [0.2, 0.25) is 0 Å². The van der Waals surface area contributed by atoms with Crippen LogP contribution in [0, 0.1) is 5.82 Å². The number of hydrogen-bond acceptors (Lipinski definition) is 4. The van der Waals surface area contributed by atoms with E-state index in [1.807, 2.05) is 0 Å². The maximum atomic E-state index is 13.2. The Hall–Kier alpha value is -2.87. The van der Waals surface area contributed by atoms with Crippen LogP contribution < -0.4 is 11.0 Å². The van der Waals surface area contributed by atoms with Gasteiger partial charge in [-0.3, -0.25) is 9.59 Å². The van der Waals surface area contributed by atoms with Crippen LogP contribution in [0.1, 0.15) is 23.0 Å². The first-order chi connectivity index (χ1) is 12.0. The molecule has 1 heterocycles. The second-order valence-corrected chi connectivity index (χ2v) is 6.06. The number of hydrazone groups is 1. The van der Waals surface area contributed by atoms with Gasteiger partial charge in [0.2, 0.25) is 0 Å². The summed E-state index contributed by atoms with van der Waals surface area (Å²) < 4.78 is 13.7. The summed E-state index contributed by atoms with van der Waals surface area (Å²) in [6.45, 7) is 1.68. The molecule has 1 amide bonds. The van der Waals surface area contributed by atoms with E-state index in [1.165, 1.54) is 12.1 Å². The Morgan fingerprint density at radius 2 is 1.96 bits per heavy atom. The van der Waals surface area contributed by atoms with Gasteiger partial charge in [-0.1, -0.05) is 34.1 Å². The SMILES string of the molecule is C/C(=N\NC(=O)c1n[nH]c(=O)c2ccccc12)c1ccc(F)cc1Br. The normalized spacial score (nSPS) is 11.6. The maximum Gasteiger partial charge on any atom is 0.292 e. The summed E-state index contributed by atoms with van der Waals surface area (Å²) in [6.07, 6.45) is 0. The Kier molecular flexibility index (Phi) is 4.71. The van der Waals surface area contributed by atoms with E-state index in [4.69, 9.17) is 0 Å². The topological polar surface area (TPSA) is 87.2 Å². The number of aromatic amines is 1. The molecule has 0 aliphatic rings. The number of carbonyl (C=O) groups excluding carboxylic acids is 1. The van der Waals surface area contributed by atoms with E-state index >= 15 is 0 Å². The van der Waals surface area contributed by atoms with Crippen LogP contribution in [0.4, 0.5) is 4.39 Å². The van der Waals surface area contributed by atoms with Crippen LogP contribution in [0.3, 0.4) is 0 Å².